The molecule has 0 bridgehead atoms. The smallest absolute Gasteiger partial charge is 0.251 e. The van der Waals surface area contributed by atoms with Crippen molar-refractivity contribution in [2.24, 2.45) is 10.9 Å². The van der Waals surface area contributed by atoms with Gasteiger partial charge in [-0.3, -0.25) is 4.79 Å². The van der Waals surface area contributed by atoms with Crippen LogP contribution in [-0.2, 0) is 26.1 Å². The summed E-state index contributed by atoms with van der Waals surface area (Å²) in [6.07, 6.45) is 0.669. The fourth-order valence-electron chi connectivity index (χ4n) is 3.93. The van der Waals surface area contributed by atoms with Crippen molar-refractivity contribution in [3.8, 4) is 0 Å². The Morgan fingerprint density at radius 2 is 1.79 bits per heavy atom. The first-order chi connectivity index (χ1) is 16.3. The highest BCUT2D eigenvalue weighted by atomic mass is 32.2. The largest absolute Gasteiger partial charge is 0.380 e. The van der Waals surface area contributed by atoms with E-state index in [1.54, 1.807) is 6.07 Å². The maximum atomic E-state index is 13.7. The summed E-state index contributed by atoms with van der Waals surface area (Å²) in [5.74, 6) is -1.61. The van der Waals surface area contributed by atoms with Crippen molar-refractivity contribution in [3.05, 3.63) is 58.9 Å². The molecule has 11 heteroatoms. The van der Waals surface area contributed by atoms with Crippen LogP contribution in [0.5, 0.6) is 0 Å². The van der Waals surface area contributed by atoms with Crippen LogP contribution in [0.25, 0.3) is 10.2 Å². The summed E-state index contributed by atoms with van der Waals surface area (Å²) in [6.45, 7) is 3.70. The molecule has 0 radical (unpaired) electrons. The van der Waals surface area contributed by atoms with Gasteiger partial charge in [0.2, 0.25) is 10.0 Å². The zero-order chi connectivity index (χ0) is 24.3. The van der Waals surface area contributed by atoms with Gasteiger partial charge in [0.05, 0.1) is 21.7 Å². The first-order valence-electron chi connectivity index (χ1n) is 11.0. The van der Waals surface area contributed by atoms with Crippen LogP contribution in [-0.4, -0.2) is 49.5 Å². The molecule has 0 N–H and O–H groups in total. The van der Waals surface area contributed by atoms with Gasteiger partial charge in [0, 0.05) is 32.2 Å². The molecule has 7 nitrogen and oxygen atoms in total. The minimum absolute atomic E-state index is 0.0243. The molecule has 1 saturated heterocycles. The molecular weight excluding hydrogens is 484 g/mol. The number of carbonyl (C=O) groups excluding carboxylic acids is 1. The number of piperidine rings is 1. The molecule has 2 heterocycles. The molecule has 0 atom stereocenters. The zero-order valence-corrected chi connectivity index (χ0v) is 20.2. The second kappa shape index (κ2) is 10.4. The van der Waals surface area contributed by atoms with Gasteiger partial charge in [-0.05, 0) is 62.2 Å². The molecule has 182 valence electrons. The second-order valence-corrected chi connectivity index (χ2v) is 10.9. The Morgan fingerprint density at radius 1 is 1.12 bits per heavy atom. The van der Waals surface area contributed by atoms with Gasteiger partial charge in [0.25, 0.3) is 5.91 Å². The number of fused-ring (bicyclic) bond motifs is 1. The van der Waals surface area contributed by atoms with Crippen molar-refractivity contribution in [1.29, 1.82) is 0 Å². The van der Waals surface area contributed by atoms with Crippen LogP contribution in [0.3, 0.4) is 0 Å². The van der Waals surface area contributed by atoms with Crippen LogP contribution >= 0.6 is 11.3 Å². The normalized spacial score (nSPS) is 16.4. The molecule has 0 aliphatic carbocycles. The molecule has 0 spiro atoms. The van der Waals surface area contributed by atoms with E-state index in [0.717, 1.165) is 17.6 Å². The number of halogens is 2. The van der Waals surface area contributed by atoms with E-state index in [9.17, 15) is 22.0 Å². The number of carbonyl (C=O) groups is 1. The monoisotopic (exact) mass is 509 g/mol. The number of amides is 1. The van der Waals surface area contributed by atoms with Gasteiger partial charge in [-0.25, -0.2) is 17.2 Å². The minimum Gasteiger partial charge on any atom is -0.380 e. The highest BCUT2D eigenvalue weighted by Gasteiger charge is 2.32. The Kier molecular flexibility index (Phi) is 7.56. The Balaban J connectivity index is 1.51. The number of benzene rings is 2. The molecule has 2 aromatic carbocycles. The lowest BCUT2D eigenvalue weighted by atomic mass is 9.98. The number of ether oxygens (including phenoxy) is 1. The Hall–Kier alpha value is -2.47. The maximum Gasteiger partial charge on any atom is 0.251 e. The highest BCUT2D eigenvalue weighted by Crippen LogP contribution is 2.25. The summed E-state index contributed by atoms with van der Waals surface area (Å²) in [5, 5.41) is 0. The van der Waals surface area contributed by atoms with Crippen LogP contribution in [0.2, 0.25) is 0 Å². The topological polar surface area (TPSA) is 81.0 Å². The zero-order valence-electron chi connectivity index (χ0n) is 18.6. The van der Waals surface area contributed by atoms with Gasteiger partial charge in [-0.15, -0.1) is 0 Å². The van der Waals surface area contributed by atoms with Crippen molar-refractivity contribution in [3.63, 3.8) is 0 Å². The predicted octanol–water partition coefficient (Wildman–Crippen LogP) is 3.55. The van der Waals surface area contributed by atoms with Gasteiger partial charge in [0.15, 0.2) is 4.80 Å². The van der Waals surface area contributed by atoms with Gasteiger partial charge in [0.1, 0.15) is 11.6 Å². The average molecular weight is 510 g/mol. The van der Waals surface area contributed by atoms with Crippen LogP contribution in [0.1, 0.15) is 19.8 Å². The Morgan fingerprint density at radius 3 is 2.47 bits per heavy atom. The third-order valence-electron chi connectivity index (χ3n) is 5.77. The molecule has 1 fully saturated rings. The lowest BCUT2D eigenvalue weighted by Crippen LogP contribution is -2.40. The molecule has 3 aromatic rings. The summed E-state index contributed by atoms with van der Waals surface area (Å²) in [5.41, 5.74) is 0.776. The number of thiazole rings is 1. The van der Waals surface area contributed by atoms with Crippen molar-refractivity contribution in [2.75, 3.05) is 26.3 Å². The van der Waals surface area contributed by atoms with Crippen molar-refractivity contribution >= 4 is 37.5 Å². The molecular formula is C23H25F2N3O4S2. The molecule has 0 unspecified atom stereocenters. The quantitative estimate of drug-likeness (QED) is 0.457. The molecule has 1 aromatic heterocycles. The van der Waals surface area contributed by atoms with E-state index in [1.807, 2.05) is 11.5 Å². The number of hydrogen-bond acceptors (Lipinski definition) is 5. The lowest BCUT2D eigenvalue weighted by Gasteiger charge is -2.29. The summed E-state index contributed by atoms with van der Waals surface area (Å²) < 4.78 is 61.8. The fraction of sp³-hybridized carbons (Fsp3) is 0.391. The Labute approximate surface area is 200 Å². The van der Waals surface area contributed by atoms with E-state index >= 15 is 0 Å². The molecule has 0 saturated carbocycles. The second-order valence-electron chi connectivity index (χ2n) is 7.93. The van der Waals surface area contributed by atoms with Crippen LogP contribution in [0, 0.1) is 17.6 Å². The molecule has 34 heavy (non-hydrogen) atoms. The molecule has 1 amide bonds. The fourth-order valence-corrected chi connectivity index (χ4v) is 6.49. The van der Waals surface area contributed by atoms with E-state index in [-0.39, 0.29) is 29.7 Å². The number of hydrogen-bond donors (Lipinski definition) is 0. The summed E-state index contributed by atoms with van der Waals surface area (Å²) in [4.78, 5) is 17.8. The van der Waals surface area contributed by atoms with Gasteiger partial charge in [-0.1, -0.05) is 11.3 Å². The standard InChI is InChI=1S/C23H25F2N3O4S2/c1-2-32-14-13-28-20-8-5-18(25)15-21(20)33-23(28)26-22(29)16-9-11-27(12-10-16)34(30,31)19-6-3-17(24)4-7-19/h3-8,15-16H,2,9-14H2,1H3. The van der Waals surface area contributed by atoms with Crippen LogP contribution < -0.4 is 4.80 Å². The van der Waals surface area contributed by atoms with Crippen molar-refractivity contribution in [2.45, 2.75) is 31.2 Å². The molecule has 1 aliphatic heterocycles. The Bertz CT molecular complexity index is 1340. The predicted molar refractivity (Wildman–Crippen MR) is 125 cm³/mol. The number of aromatic nitrogens is 1. The maximum absolute atomic E-state index is 13.7. The third kappa shape index (κ3) is 5.27. The van der Waals surface area contributed by atoms with Crippen molar-refractivity contribution in [1.82, 2.24) is 8.87 Å². The van der Waals surface area contributed by atoms with E-state index in [1.165, 1.54) is 39.9 Å². The number of sulfonamides is 1. The van der Waals surface area contributed by atoms with E-state index in [4.69, 9.17) is 4.74 Å². The van der Waals surface area contributed by atoms with E-state index in [2.05, 4.69) is 4.99 Å². The highest BCUT2D eigenvalue weighted by molar-refractivity contribution is 7.89. The summed E-state index contributed by atoms with van der Waals surface area (Å²) in [6, 6.07) is 9.15. The summed E-state index contributed by atoms with van der Waals surface area (Å²) >= 11 is 1.23. The van der Waals surface area contributed by atoms with E-state index < -0.39 is 21.8 Å². The molecule has 1 aliphatic rings. The van der Waals surface area contributed by atoms with Crippen molar-refractivity contribution < 1.29 is 26.7 Å². The van der Waals surface area contributed by atoms with Gasteiger partial charge in [-0.2, -0.15) is 9.30 Å². The minimum atomic E-state index is -3.75. The summed E-state index contributed by atoms with van der Waals surface area (Å²) in [7, 11) is -3.75. The first kappa shape index (κ1) is 24.6. The van der Waals surface area contributed by atoms with Crippen LogP contribution in [0.4, 0.5) is 8.78 Å². The van der Waals surface area contributed by atoms with Gasteiger partial charge >= 0.3 is 0 Å². The number of rotatable bonds is 7. The van der Waals surface area contributed by atoms with Gasteiger partial charge < -0.3 is 9.30 Å². The first-order valence-corrected chi connectivity index (χ1v) is 13.3. The SMILES string of the molecule is CCOCCn1c(=NC(=O)C2CCN(S(=O)(=O)c3ccc(F)cc3)CC2)sc2cc(F)ccc21. The average Bonchev–Trinajstić information content (AvgIpc) is 3.15. The molecule has 4 rings (SSSR count). The van der Waals surface area contributed by atoms with E-state index in [0.29, 0.717) is 42.1 Å². The van der Waals surface area contributed by atoms with Crippen LogP contribution in [0.15, 0.2) is 52.4 Å². The number of nitrogens with zero attached hydrogens (tertiary/aromatic N) is 3. The third-order valence-corrected chi connectivity index (χ3v) is 8.72. The lowest BCUT2D eigenvalue weighted by molar-refractivity contribution is -0.122.